The van der Waals surface area contributed by atoms with Gasteiger partial charge in [-0.2, -0.15) is 0 Å². The van der Waals surface area contributed by atoms with Crippen molar-refractivity contribution in [3.63, 3.8) is 0 Å². The normalized spacial score (nSPS) is 10.6. The van der Waals surface area contributed by atoms with E-state index in [0.29, 0.717) is 12.2 Å². The van der Waals surface area contributed by atoms with Crippen molar-refractivity contribution < 1.29 is 24.5 Å². The third kappa shape index (κ3) is 4.30. The Kier molecular flexibility index (Phi) is 5.06. The molecule has 0 aliphatic heterocycles. The second-order valence-corrected chi connectivity index (χ2v) is 2.49. The third-order valence-electron chi connectivity index (χ3n) is 1.27. The van der Waals surface area contributed by atoms with Crippen molar-refractivity contribution >= 4 is 11.9 Å². The van der Waals surface area contributed by atoms with Gasteiger partial charge in [0.2, 0.25) is 0 Å². The summed E-state index contributed by atoms with van der Waals surface area (Å²) in [6.07, 6.45) is 2.35. The fraction of sp³-hybridized carbons (Fsp3) is 0.333. The average Bonchev–Trinajstić information content (AvgIpc) is 2.09. The molecule has 0 aliphatic rings. The molecule has 2 N–H and O–H groups in total. The van der Waals surface area contributed by atoms with Crippen LogP contribution in [0.25, 0.3) is 0 Å². The van der Waals surface area contributed by atoms with Crippen molar-refractivity contribution in [1.29, 1.82) is 0 Å². The Morgan fingerprint density at radius 3 is 2.14 bits per heavy atom. The maximum absolute atomic E-state index is 10.4. The highest BCUT2D eigenvalue weighted by atomic mass is 16.5. The van der Waals surface area contributed by atoms with E-state index in [0.717, 1.165) is 6.08 Å². The number of carboxylic acids is 2. The van der Waals surface area contributed by atoms with Gasteiger partial charge in [0, 0.05) is 0 Å². The van der Waals surface area contributed by atoms with Crippen LogP contribution in [0.5, 0.6) is 0 Å². The number of rotatable bonds is 5. The van der Waals surface area contributed by atoms with E-state index in [4.69, 9.17) is 14.9 Å². The fourth-order valence-electron chi connectivity index (χ4n) is 0.691. The molecule has 0 aromatic rings. The molecule has 0 saturated carbocycles. The summed E-state index contributed by atoms with van der Waals surface area (Å²) >= 11 is 0. The maximum atomic E-state index is 10.4. The summed E-state index contributed by atoms with van der Waals surface area (Å²) < 4.78 is 4.86. The Bertz CT molecular complexity index is 272. The lowest BCUT2D eigenvalue weighted by Crippen LogP contribution is -2.11. The molecule has 0 bridgehead atoms. The first-order valence-corrected chi connectivity index (χ1v) is 3.95. The summed E-state index contributed by atoms with van der Waals surface area (Å²) in [6, 6.07) is 0. The summed E-state index contributed by atoms with van der Waals surface area (Å²) in [6.45, 7) is 3.77. The molecule has 0 rings (SSSR count). The molecule has 0 radical (unpaired) electrons. The second kappa shape index (κ2) is 5.80. The van der Waals surface area contributed by atoms with Crippen LogP contribution in [-0.4, -0.2) is 28.8 Å². The molecule has 14 heavy (non-hydrogen) atoms. The number of carbonyl (C=O) groups is 2. The highest BCUT2D eigenvalue weighted by Gasteiger charge is 2.15. The zero-order chi connectivity index (χ0) is 11.1. The largest absolute Gasteiger partial charge is 0.501 e. The van der Waals surface area contributed by atoms with Gasteiger partial charge in [0.25, 0.3) is 0 Å². The van der Waals surface area contributed by atoms with Gasteiger partial charge in [-0.3, -0.25) is 0 Å². The van der Waals surface area contributed by atoms with E-state index in [1.54, 1.807) is 13.8 Å². The van der Waals surface area contributed by atoms with Gasteiger partial charge < -0.3 is 14.9 Å². The lowest BCUT2D eigenvalue weighted by molar-refractivity contribution is -0.140. The zero-order valence-corrected chi connectivity index (χ0v) is 7.98. The van der Waals surface area contributed by atoms with Crippen LogP contribution in [0.1, 0.15) is 13.8 Å². The zero-order valence-electron chi connectivity index (χ0n) is 7.98. The minimum Gasteiger partial charge on any atom is -0.501 e. The quantitative estimate of drug-likeness (QED) is 0.227. The summed E-state index contributed by atoms with van der Waals surface area (Å²) in [5, 5.41) is 17.0. The fourth-order valence-corrected chi connectivity index (χ4v) is 0.691. The first kappa shape index (κ1) is 12.2. The standard InChI is InChI=1S/C9H12O5/c1-3-14-5-6(2)4-7(8(10)11)9(12)13/h4-5H,3H2,1-2H3,(H,10,11)(H,12,13)/b6-5+. The average molecular weight is 200 g/mol. The van der Waals surface area contributed by atoms with Gasteiger partial charge in [0.1, 0.15) is 5.57 Å². The van der Waals surface area contributed by atoms with Crippen LogP contribution < -0.4 is 0 Å². The van der Waals surface area contributed by atoms with Gasteiger partial charge in [-0.05, 0) is 25.5 Å². The molecule has 0 fully saturated rings. The summed E-state index contributed by atoms with van der Waals surface area (Å²) in [5.74, 6) is -2.94. The molecule has 0 aromatic heterocycles. The van der Waals surface area contributed by atoms with E-state index < -0.39 is 17.5 Å². The number of ether oxygens (including phenoxy) is 1. The van der Waals surface area contributed by atoms with Gasteiger partial charge >= 0.3 is 11.9 Å². The van der Waals surface area contributed by atoms with E-state index in [1.807, 2.05) is 0 Å². The number of carboxylic acid groups (broad SMARTS) is 2. The van der Waals surface area contributed by atoms with Crippen molar-refractivity contribution in [3.8, 4) is 0 Å². The predicted molar refractivity (Wildman–Crippen MR) is 48.7 cm³/mol. The monoisotopic (exact) mass is 200 g/mol. The van der Waals surface area contributed by atoms with Crippen LogP contribution in [-0.2, 0) is 14.3 Å². The summed E-state index contributed by atoms with van der Waals surface area (Å²) in [5.41, 5.74) is -0.245. The van der Waals surface area contributed by atoms with Crippen LogP contribution in [0.4, 0.5) is 0 Å². The van der Waals surface area contributed by atoms with Crippen molar-refractivity contribution in [2.24, 2.45) is 0 Å². The van der Waals surface area contributed by atoms with Gasteiger partial charge in [0.05, 0.1) is 12.9 Å². The van der Waals surface area contributed by atoms with Crippen LogP contribution in [0.15, 0.2) is 23.5 Å². The maximum Gasteiger partial charge on any atom is 0.343 e. The molecule has 5 heteroatoms. The molecule has 0 saturated heterocycles. The van der Waals surface area contributed by atoms with E-state index in [1.165, 1.54) is 6.26 Å². The van der Waals surface area contributed by atoms with E-state index in [2.05, 4.69) is 0 Å². The van der Waals surface area contributed by atoms with Gasteiger partial charge in [0.15, 0.2) is 0 Å². The Balaban J connectivity index is 4.74. The molecular weight excluding hydrogens is 188 g/mol. The molecule has 0 amide bonds. The lowest BCUT2D eigenvalue weighted by Gasteiger charge is -1.97. The minimum absolute atomic E-state index is 0.437. The number of allylic oxidation sites excluding steroid dienone is 2. The van der Waals surface area contributed by atoms with Crippen LogP contribution in [0.2, 0.25) is 0 Å². The number of aliphatic carboxylic acids is 2. The highest BCUT2D eigenvalue weighted by molar-refractivity contribution is 6.12. The Morgan fingerprint density at radius 1 is 1.29 bits per heavy atom. The smallest absolute Gasteiger partial charge is 0.343 e. The Labute approximate surface area is 81.3 Å². The molecule has 5 nitrogen and oxygen atoms in total. The molecule has 0 aliphatic carbocycles. The Hall–Kier alpha value is -1.78. The third-order valence-corrected chi connectivity index (χ3v) is 1.27. The number of hydrogen-bond acceptors (Lipinski definition) is 3. The van der Waals surface area contributed by atoms with Gasteiger partial charge in [-0.1, -0.05) is 0 Å². The highest BCUT2D eigenvalue weighted by Crippen LogP contribution is 2.03. The SMILES string of the molecule is CCO/C=C(\C)C=C(C(=O)O)C(=O)O. The van der Waals surface area contributed by atoms with Crippen LogP contribution in [0, 0.1) is 0 Å². The van der Waals surface area contributed by atoms with Crippen molar-refractivity contribution in [3.05, 3.63) is 23.5 Å². The molecule has 0 heterocycles. The molecule has 0 atom stereocenters. The van der Waals surface area contributed by atoms with E-state index in [9.17, 15) is 9.59 Å². The molecule has 0 spiro atoms. The molecular formula is C9H12O5. The van der Waals surface area contributed by atoms with Crippen LogP contribution in [0.3, 0.4) is 0 Å². The first-order chi connectivity index (χ1) is 6.49. The topological polar surface area (TPSA) is 83.8 Å². The van der Waals surface area contributed by atoms with Gasteiger partial charge in [-0.15, -0.1) is 0 Å². The van der Waals surface area contributed by atoms with E-state index >= 15 is 0 Å². The molecule has 0 unspecified atom stereocenters. The Morgan fingerprint density at radius 2 is 1.79 bits per heavy atom. The number of hydrogen-bond donors (Lipinski definition) is 2. The van der Waals surface area contributed by atoms with Crippen LogP contribution >= 0.6 is 0 Å². The van der Waals surface area contributed by atoms with Crippen molar-refractivity contribution in [1.82, 2.24) is 0 Å². The molecule has 78 valence electrons. The lowest BCUT2D eigenvalue weighted by atomic mass is 10.2. The second-order valence-electron chi connectivity index (χ2n) is 2.49. The van der Waals surface area contributed by atoms with Gasteiger partial charge in [-0.25, -0.2) is 9.59 Å². The minimum atomic E-state index is -1.47. The molecule has 0 aromatic carbocycles. The van der Waals surface area contributed by atoms with Crippen molar-refractivity contribution in [2.75, 3.05) is 6.61 Å². The summed E-state index contributed by atoms with van der Waals surface area (Å²) in [7, 11) is 0. The summed E-state index contributed by atoms with van der Waals surface area (Å²) in [4.78, 5) is 20.9. The predicted octanol–water partition coefficient (Wildman–Crippen LogP) is 1.02. The first-order valence-electron chi connectivity index (χ1n) is 3.95. The van der Waals surface area contributed by atoms with E-state index in [-0.39, 0.29) is 0 Å². The van der Waals surface area contributed by atoms with Crippen molar-refractivity contribution in [2.45, 2.75) is 13.8 Å².